The first-order valence-electron chi connectivity index (χ1n) is 7.73. The number of nitrogens with zero attached hydrogens (tertiary/aromatic N) is 2. The van der Waals surface area contributed by atoms with Crippen LogP contribution in [-0.2, 0) is 27.3 Å². The summed E-state index contributed by atoms with van der Waals surface area (Å²) in [4.78, 5) is 39.0. The standard InChI is InChI=1S/C15H23N5O3/c1-9-7-20-8-11(3-6-14(20)17-9)19-15(23)12(18-10(2)21)4-5-13(16)22/h7,11-12H,3-6,8H2,1-2H3,(H2,16,22)(H,18,21)(H,19,23). The van der Waals surface area contributed by atoms with Crippen molar-refractivity contribution in [3.8, 4) is 0 Å². The van der Waals surface area contributed by atoms with Gasteiger partial charge in [-0.15, -0.1) is 0 Å². The number of carbonyl (C=O) groups is 3. The number of hydrogen-bond acceptors (Lipinski definition) is 4. The number of aromatic nitrogens is 2. The molecule has 1 aromatic rings. The molecule has 0 bridgehead atoms. The highest BCUT2D eigenvalue weighted by Gasteiger charge is 2.25. The summed E-state index contributed by atoms with van der Waals surface area (Å²) in [6, 6.07) is -0.764. The first kappa shape index (κ1) is 17.0. The largest absolute Gasteiger partial charge is 0.370 e. The molecule has 0 spiro atoms. The lowest BCUT2D eigenvalue weighted by Gasteiger charge is -2.27. The van der Waals surface area contributed by atoms with Crippen molar-refractivity contribution in [3.05, 3.63) is 17.7 Å². The average molecular weight is 321 g/mol. The lowest BCUT2D eigenvalue weighted by atomic mass is 10.1. The smallest absolute Gasteiger partial charge is 0.242 e. The molecule has 1 aromatic heterocycles. The van der Waals surface area contributed by atoms with Crippen molar-refractivity contribution in [1.29, 1.82) is 0 Å². The number of carbonyl (C=O) groups excluding carboxylic acids is 3. The number of rotatable bonds is 6. The van der Waals surface area contributed by atoms with E-state index in [0.717, 1.165) is 24.4 Å². The van der Waals surface area contributed by atoms with Crippen molar-refractivity contribution in [2.45, 2.75) is 58.2 Å². The maximum absolute atomic E-state index is 12.4. The minimum absolute atomic E-state index is 0.0200. The highest BCUT2D eigenvalue weighted by atomic mass is 16.2. The molecule has 2 unspecified atom stereocenters. The van der Waals surface area contributed by atoms with Crippen LogP contribution in [0.25, 0.3) is 0 Å². The van der Waals surface area contributed by atoms with Crippen LogP contribution in [0.15, 0.2) is 6.20 Å². The molecule has 0 saturated heterocycles. The van der Waals surface area contributed by atoms with E-state index in [9.17, 15) is 14.4 Å². The van der Waals surface area contributed by atoms with Crippen LogP contribution in [-0.4, -0.2) is 39.4 Å². The molecule has 3 amide bonds. The minimum Gasteiger partial charge on any atom is -0.370 e. The third kappa shape index (κ3) is 4.80. The summed E-state index contributed by atoms with van der Waals surface area (Å²) >= 11 is 0. The third-order valence-electron chi connectivity index (χ3n) is 3.83. The fourth-order valence-corrected chi connectivity index (χ4v) is 2.81. The van der Waals surface area contributed by atoms with Crippen LogP contribution in [0.1, 0.15) is 37.7 Å². The van der Waals surface area contributed by atoms with E-state index in [1.165, 1.54) is 6.92 Å². The summed E-state index contributed by atoms with van der Waals surface area (Å²) in [7, 11) is 0. The summed E-state index contributed by atoms with van der Waals surface area (Å²) in [5, 5.41) is 5.51. The Hall–Kier alpha value is -2.38. The number of amides is 3. The molecular formula is C15H23N5O3. The summed E-state index contributed by atoms with van der Waals surface area (Å²) in [6.45, 7) is 3.94. The van der Waals surface area contributed by atoms with E-state index in [2.05, 4.69) is 15.6 Å². The second-order valence-electron chi connectivity index (χ2n) is 5.95. The van der Waals surface area contributed by atoms with Gasteiger partial charge < -0.3 is 20.9 Å². The molecular weight excluding hydrogens is 298 g/mol. The molecule has 0 radical (unpaired) electrons. The predicted octanol–water partition coefficient (Wildman–Crippen LogP) is -0.607. The first-order valence-corrected chi connectivity index (χ1v) is 7.73. The van der Waals surface area contributed by atoms with Crippen molar-refractivity contribution >= 4 is 17.7 Å². The third-order valence-corrected chi connectivity index (χ3v) is 3.83. The Bertz CT molecular complexity index is 610. The van der Waals surface area contributed by atoms with Gasteiger partial charge in [0.25, 0.3) is 0 Å². The Kier molecular flexibility index (Phi) is 5.36. The molecule has 0 saturated carbocycles. The van der Waals surface area contributed by atoms with Crippen LogP contribution >= 0.6 is 0 Å². The minimum atomic E-state index is -0.745. The molecule has 8 heteroatoms. The monoisotopic (exact) mass is 321 g/mol. The zero-order valence-corrected chi connectivity index (χ0v) is 13.5. The van der Waals surface area contributed by atoms with Gasteiger partial charge >= 0.3 is 0 Å². The van der Waals surface area contributed by atoms with Crippen molar-refractivity contribution in [2.75, 3.05) is 0 Å². The van der Waals surface area contributed by atoms with Crippen LogP contribution in [0, 0.1) is 6.92 Å². The fourth-order valence-electron chi connectivity index (χ4n) is 2.81. The number of nitrogens with two attached hydrogens (primary N) is 1. The Morgan fingerprint density at radius 3 is 2.87 bits per heavy atom. The van der Waals surface area contributed by atoms with E-state index in [4.69, 9.17) is 5.73 Å². The Labute approximate surface area is 134 Å². The number of primary amides is 1. The molecule has 8 nitrogen and oxygen atoms in total. The van der Waals surface area contributed by atoms with Gasteiger partial charge in [-0.05, 0) is 19.8 Å². The molecule has 1 aliphatic rings. The highest BCUT2D eigenvalue weighted by Crippen LogP contribution is 2.15. The lowest BCUT2D eigenvalue weighted by Crippen LogP contribution is -2.51. The van der Waals surface area contributed by atoms with Gasteiger partial charge in [-0.25, -0.2) is 4.98 Å². The van der Waals surface area contributed by atoms with Gasteiger partial charge in [0.05, 0.1) is 5.69 Å². The van der Waals surface area contributed by atoms with E-state index in [1.54, 1.807) is 0 Å². The van der Waals surface area contributed by atoms with E-state index >= 15 is 0 Å². The van der Waals surface area contributed by atoms with Crippen LogP contribution in [0.3, 0.4) is 0 Å². The van der Waals surface area contributed by atoms with Gasteiger partial charge in [-0.1, -0.05) is 0 Å². The van der Waals surface area contributed by atoms with Crippen molar-refractivity contribution in [1.82, 2.24) is 20.2 Å². The van der Waals surface area contributed by atoms with Gasteiger partial charge in [0.2, 0.25) is 17.7 Å². The molecule has 126 valence electrons. The van der Waals surface area contributed by atoms with Crippen LogP contribution in [0.5, 0.6) is 0 Å². The number of imidazole rings is 1. The summed E-state index contributed by atoms with van der Waals surface area (Å²) < 4.78 is 2.04. The normalized spacial score (nSPS) is 17.9. The van der Waals surface area contributed by atoms with E-state index in [-0.39, 0.29) is 30.7 Å². The Morgan fingerprint density at radius 2 is 2.22 bits per heavy atom. The molecule has 0 aromatic carbocycles. The number of hydrogen-bond donors (Lipinski definition) is 3. The number of fused-ring (bicyclic) bond motifs is 1. The topological polar surface area (TPSA) is 119 Å². The highest BCUT2D eigenvalue weighted by molar-refractivity contribution is 5.87. The average Bonchev–Trinajstić information content (AvgIpc) is 2.82. The quantitative estimate of drug-likeness (QED) is 0.647. The molecule has 0 aliphatic carbocycles. The molecule has 23 heavy (non-hydrogen) atoms. The van der Waals surface area contributed by atoms with E-state index in [1.807, 2.05) is 17.7 Å². The zero-order chi connectivity index (χ0) is 17.0. The van der Waals surface area contributed by atoms with Crippen molar-refractivity contribution < 1.29 is 14.4 Å². The van der Waals surface area contributed by atoms with Gasteiger partial charge in [0, 0.05) is 38.5 Å². The molecule has 4 N–H and O–H groups in total. The second kappa shape index (κ2) is 7.26. The SMILES string of the molecule is CC(=O)NC(CCC(N)=O)C(=O)NC1CCc2nc(C)cn2C1. The number of nitrogens with one attached hydrogen (secondary N) is 2. The fraction of sp³-hybridized carbons (Fsp3) is 0.600. The van der Waals surface area contributed by atoms with E-state index in [0.29, 0.717) is 6.54 Å². The van der Waals surface area contributed by atoms with Gasteiger partial charge in [0.1, 0.15) is 11.9 Å². The predicted molar refractivity (Wildman–Crippen MR) is 83.2 cm³/mol. The second-order valence-corrected chi connectivity index (χ2v) is 5.95. The lowest BCUT2D eigenvalue weighted by molar-refractivity contribution is -0.129. The van der Waals surface area contributed by atoms with Gasteiger partial charge in [-0.2, -0.15) is 0 Å². The summed E-state index contributed by atoms with van der Waals surface area (Å²) in [5.74, 6) is -0.0676. The molecule has 2 atom stereocenters. The first-order chi connectivity index (χ1) is 10.8. The molecule has 2 rings (SSSR count). The van der Waals surface area contributed by atoms with Crippen LogP contribution in [0.4, 0.5) is 0 Å². The molecule has 0 fully saturated rings. The van der Waals surface area contributed by atoms with Crippen molar-refractivity contribution in [3.63, 3.8) is 0 Å². The summed E-state index contributed by atoms with van der Waals surface area (Å²) in [5.41, 5.74) is 6.08. The van der Waals surface area contributed by atoms with E-state index < -0.39 is 11.9 Å². The van der Waals surface area contributed by atoms with Crippen molar-refractivity contribution in [2.24, 2.45) is 5.73 Å². The Balaban J connectivity index is 1.95. The van der Waals surface area contributed by atoms with Gasteiger partial charge in [-0.3, -0.25) is 14.4 Å². The van der Waals surface area contributed by atoms with Crippen LogP contribution < -0.4 is 16.4 Å². The van der Waals surface area contributed by atoms with Gasteiger partial charge in [0.15, 0.2) is 0 Å². The maximum Gasteiger partial charge on any atom is 0.242 e. The summed E-state index contributed by atoms with van der Waals surface area (Å²) in [6.07, 6.45) is 3.80. The molecule has 2 heterocycles. The van der Waals surface area contributed by atoms with Crippen LogP contribution in [0.2, 0.25) is 0 Å². The number of aryl methyl sites for hydroxylation is 2. The zero-order valence-electron chi connectivity index (χ0n) is 13.5. The maximum atomic E-state index is 12.4. The molecule has 1 aliphatic heterocycles. The Morgan fingerprint density at radius 1 is 1.48 bits per heavy atom.